The lowest BCUT2D eigenvalue weighted by Gasteiger charge is -2.30. The van der Waals surface area contributed by atoms with Crippen molar-refractivity contribution in [2.24, 2.45) is 0 Å². The van der Waals surface area contributed by atoms with E-state index in [1.807, 2.05) is 39.1 Å². The molecule has 25 heavy (non-hydrogen) atoms. The minimum atomic E-state index is -0.501. The van der Waals surface area contributed by atoms with E-state index in [9.17, 15) is 4.79 Å². The van der Waals surface area contributed by atoms with Gasteiger partial charge in [-0.3, -0.25) is 5.10 Å². The molecule has 3 aromatic rings. The maximum atomic E-state index is 12.4. The van der Waals surface area contributed by atoms with Gasteiger partial charge in [0.25, 0.3) is 0 Å². The van der Waals surface area contributed by atoms with Crippen molar-refractivity contribution in [1.82, 2.24) is 25.1 Å². The molecule has 4 heterocycles. The number of hydrogen-bond acceptors (Lipinski definition) is 4. The highest BCUT2D eigenvalue weighted by Crippen LogP contribution is 2.32. The first-order valence-electron chi connectivity index (χ1n) is 8.39. The molecule has 2 N–H and O–H groups in total. The molecule has 4 rings (SSSR count). The molecule has 0 spiro atoms. The van der Waals surface area contributed by atoms with Crippen molar-refractivity contribution in [3.8, 4) is 11.3 Å². The first-order valence-corrected chi connectivity index (χ1v) is 8.39. The number of hydrogen-bond donors (Lipinski definition) is 2. The zero-order valence-electron chi connectivity index (χ0n) is 14.6. The zero-order chi connectivity index (χ0) is 17.6. The smallest absolute Gasteiger partial charge is 0.410 e. The van der Waals surface area contributed by atoms with Gasteiger partial charge in [0.1, 0.15) is 11.2 Å². The predicted octanol–water partition coefficient (Wildman–Crippen LogP) is 3.25. The SMILES string of the molecule is CC(C)(C)OC(=O)N1CCc2[nH]nc(-c3ccnc4[nH]ccc34)c2C1. The van der Waals surface area contributed by atoms with E-state index in [1.54, 1.807) is 11.1 Å². The third-order valence-corrected chi connectivity index (χ3v) is 4.30. The van der Waals surface area contributed by atoms with Gasteiger partial charge in [0.05, 0.1) is 12.2 Å². The molecular weight excluding hydrogens is 318 g/mol. The Morgan fingerprint density at radius 1 is 1.32 bits per heavy atom. The highest BCUT2D eigenvalue weighted by Gasteiger charge is 2.29. The Kier molecular flexibility index (Phi) is 3.52. The second-order valence-corrected chi connectivity index (χ2v) is 7.28. The molecule has 1 aliphatic rings. The van der Waals surface area contributed by atoms with Crippen LogP contribution >= 0.6 is 0 Å². The molecule has 1 aliphatic heterocycles. The fourth-order valence-corrected chi connectivity index (χ4v) is 3.17. The molecule has 7 heteroatoms. The lowest BCUT2D eigenvalue weighted by molar-refractivity contribution is 0.0224. The highest BCUT2D eigenvalue weighted by molar-refractivity contribution is 5.92. The first-order chi connectivity index (χ1) is 11.9. The summed E-state index contributed by atoms with van der Waals surface area (Å²) in [5, 5.41) is 8.67. The van der Waals surface area contributed by atoms with Crippen LogP contribution in [0.1, 0.15) is 32.0 Å². The molecule has 1 amide bonds. The Bertz CT molecular complexity index is 934. The van der Waals surface area contributed by atoms with E-state index < -0.39 is 5.60 Å². The second-order valence-electron chi connectivity index (χ2n) is 7.28. The van der Waals surface area contributed by atoms with Crippen molar-refractivity contribution in [1.29, 1.82) is 0 Å². The summed E-state index contributed by atoms with van der Waals surface area (Å²) in [6.45, 7) is 6.75. The van der Waals surface area contributed by atoms with Crippen molar-refractivity contribution in [2.75, 3.05) is 6.54 Å². The van der Waals surface area contributed by atoms with Gasteiger partial charge in [0, 0.05) is 47.6 Å². The summed E-state index contributed by atoms with van der Waals surface area (Å²) in [6, 6.07) is 3.95. The summed E-state index contributed by atoms with van der Waals surface area (Å²) in [5.74, 6) is 0. The maximum absolute atomic E-state index is 12.4. The van der Waals surface area contributed by atoms with Crippen LogP contribution < -0.4 is 0 Å². The molecule has 0 saturated carbocycles. The Morgan fingerprint density at radius 3 is 2.96 bits per heavy atom. The number of carbonyl (C=O) groups excluding carboxylic acids is 1. The molecule has 0 atom stereocenters. The fourth-order valence-electron chi connectivity index (χ4n) is 3.17. The number of H-pyrrole nitrogens is 2. The number of nitrogens with one attached hydrogen (secondary N) is 2. The minimum absolute atomic E-state index is 0.285. The summed E-state index contributed by atoms with van der Waals surface area (Å²) in [7, 11) is 0. The standard InChI is InChI=1S/C18H21N5O2/c1-18(2,3)25-17(24)23-9-6-14-13(10-23)15(22-21-14)11-4-7-19-16-12(11)5-8-20-16/h4-5,7-8H,6,9-10H2,1-3H3,(H,19,20)(H,21,22). The van der Waals surface area contributed by atoms with E-state index in [2.05, 4.69) is 20.2 Å². The fraction of sp³-hybridized carbons (Fsp3) is 0.389. The summed E-state index contributed by atoms with van der Waals surface area (Å²) < 4.78 is 5.51. The monoisotopic (exact) mass is 339 g/mol. The summed E-state index contributed by atoms with van der Waals surface area (Å²) in [6.07, 6.45) is 4.09. The lowest BCUT2D eigenvalue weighted by atomic mass is 10.0. The van der Waals surface area contributed by atoms with E-state index in [1.165, 1.54) is 0 Å². The van der Waals surface area contributed by atoms with Crippen LogP contribution in [0.15, 0.2) is 24.5 Å². The number of carbonyl (C=O) groups is 1. The van der Waals surface area contributed by atoms with Gasteiger partial charge in [0.2, 0.25) is 0 Å². The minimum Gasteiger partial charge on any atom is -0.444 e. The van der Waals surface area contributed by atoms with Crippen LogP contribution in [0.5, 0.6) is 0 Å². The molecule has 130 valence electrons. The Morgan fingerprint density at radius 2 is 2.16 bits per heavy atom. The lowest BCUT2D eigenvalue weighted by Crippen LogP contribution is -2.39. The summed E-state index contributed by atoms with van der Waals surface area (Å²) >= 11 is 0. The van der Waals surface area contributed by atoms with Gasteiger partial charge < -0.3 is 14.6 Å². The van der Waals surface area contributed by atoms with Gasteiger partial charge in [-0.1, -0.05) is 0 Å². The molecule has 0 radical (unpaired) electrons. The van der Waals surface area contributed by atoms with Crippen LogP contribution in [0.3, 0.4) is 0 Å². The Hall–Kier alpha value is -2.83. The number of aromatic nitrogens is 4. The number of nitrogens with zero attached hydrogens (tertiary/aromatic N) is 3. The number of aromatic amines is 2. The Labute approximate surface area is 145 Å². The van der Waals surface area contributed by atoms with Crippen LogP contribution in [0.4, 0.5) is 4.79 Å². The third-order valence-electron chi connectivity index (χ3n) is 4.30. The normalized spacial score (nSPS) is 14.6. The van der Waals surface area contributed by atoms with E-state index in [0.717, 1.165) is 40.0 Å². The zero-order valence-corrected chi connectivity index (χ0v) is 14.6. The van der Waals surface area contributed by atoms with Crippen molar-refractivity contribution in [3.05, 3.63) is 35.8 Å². The second kappa shape index (κ2) is 5.61. The van der Waals surface area contributed by atoms with E-state index >= 15 is 0 Å². The molecule has 0 unspecified atom stereocenters. The van der Waals surface area contributed by atoms with Crippen molar-refractivity contribution < 1.29 is 9.53 Å². The topological polar surface area (TPSA) is 86.9 Å². The number of amides is 1. The molecular formula is C18H21N5O2. The van der Waals surface area contributed by atoms with Crippen LogP contribution in [0.2, 0.25) is 0 Å². The van der Waals surface area contributed by atoms with Crippen LogP contribution in [-0.4, -0.2) is 43.3 Å². The van der Waals surface area contributed by atoms with Gasteiger partial charge in [0.15, 0.2) is 0 Å². The van der Waals surface area contributed by atoms with Crippen molar-refractivity contribution >= 4 is 17.1 Å². The van der Waals surface area contributed by atoms with Gasteiger partial charge >= 0.3 is 6.09 Å². The van der Waals surface area contributed by atoms with Crippen LogP contribution in [-0.2, 0) is 17.7 Å². The molecule has 3 aromatic heterocycles. The molecule has 0 bridgehead atoms. The third kappa shape index (κ3) is 2.86. The van der Waals surface area contributed by atoms with Crippen molar-refractivity contribution in [3.63, 3.8) is 0 Å². The quantitative estimate of drug-likeness (QED) is 0.712. The molecule has 0 aromatic carbocycles. The van der Waals surface area contributed by atoms with E-state index in [-0.39, 0.29) is 6.09 Å². The van der Waals surface area contributed by atoms with Gasteiger partial charge in [-0.2, -0.15) is 5.10 Å². The average Bonchev–Trinajstić information content (AvgIpc) is 3.19. The number of rotatable bonds is 1. The first kappa shape index (κ1) is 15.7. The van der Waals surface area contributed by atoms with Gasteiger partial charge in [-0.05, 0) is 32.9 Å². The van der Waals surface area contributed by atoms with Crippen molar-refractivity contribution in [2.45, 2.75) is 39.3 Å². The van der Waals surface area contributed by atoms with E-state index in [4.69, 9.17) is 4.74 Å². The molecule has 7 nitrogen and oxygen atoms in total. The van der Waals surface area contributed by atoms with Crippen LogP contribution in [0, 0.1) is 0 Å². The Balaban J connectivity index is 1.68. The largest absolute Gasteiger partial charge is 0.444 e. The highest BCUT2D eigenvalue weighted by atomic mass is 16.6. The van der Waals surface area contributed by atoms with E-state index in [0.29, 0.717) is 13.1 Å². The van der Waals surface area contributed by atoms with Gasteiger partial charge in [-0.15, -0.1) is 0 Å². The maximum Gasteiger partial charge on any atom is 0.410 e. The number of ether oxygens (including phenoxy) is 1. The molecule has 0 aliphatic carbocycles. The number of pyridine rings is 1. The summed E-state index contributed by atoms with van der Waals surface area (Å²) in [5.41, 5.74) is 4.33. The molecule has 0 saturated heterocycles. The van der Waals surface area contributed by atoms with Crippen LogP contribution in [0.25, 0.3) is 22.3 Å². The number of fused-ring (bicyclic) bond motifs is 2. The average molecular weight is 339 g/mol. The summed E-state index contributed by atoms with van der Waals surface area (Å²) in [4.78, 5) is 21.6. The molecule has 0 fully saturated rings. The van der Waals surface area contributed by atoms with Gasteiger partial charge in [-0.25, -0.2) is 9.78 Å². The predicted molar refractivity (Wildman–Crippen MR) is 94.0 cm³/mol.